The average Bonchev–Trinajstić information content (AvgIpc) is 2.68. The van der Waals surface area contributed by atoms with Crippen LogP contribution in [0.2, 0.25) is 0 Å². The maximum atomic E-state index is 12.1. The Morgan fingerprint density at radius 3 is 1.14 bits per heavy atom. The minimum absolute atomic E-state index is 0.164. The van der Waals surface area contributed by atoms with Crippen LogP contribution in [0.4, 0.5) is 0 Å². The largest absolute Gasteiger partial charge is 0.355 e. The number of hydrogen-bond acceptors (Lipinski definition) is 6. The fourth-order valence-corrected chi connectivity index (χ4v) is 4.93. The van der Waals surface area contributed by atoms with E-state index in [0.717, 1.165) is 38.5 Å². The lowest BCUT2D eigenvalue weighted by Gasteiger charge is -2.22. The van der Waals surface area contributed by atoms with E-state index in [4.69, 9.17) is 0 Å². The Balaban J connectivity index is 3.74. The standard InChI is InChI=1S/C30H54O6/c1-23(21-29(3,4)5)19-25(31)15-11-9-13-17-27(33)35-36-28(34)18-14-10-12-16-26(32)20-24(2)22-30(6,7)8/h23-24H,9-22H2,1-8H3. The van der Waals surface area contributed by atoms with E-state index in [1.54, 1.807) is 0 Å². The van der Waals surface area contributed by atoms with Gasteiger partial charge in [-0.1, -0.05) is 68.2 Å². The van der Waals surface area contributed by atoms with Gasteiger partial charge in [0.05, 0.1) is 12.8 Å². The van der Waals surface area contributed by atoms with Crippen LogP contribution in [0.15, 0.2) is 0 Å². The first-order valence-electron chi connectivity index (χ1n) is 14.0. The summed E-state index contributed by atoms with van der Waals surface area (Å²) in [5.74, 6) is 0.200. The number of carbonyl (C=O) groups is 4. The smallest absolute Gasteiger partial charge is 0.300 e. The molecule has 0 saturated heterocycles. The van der Waals surface area contributed by atoms with Crippen LogP contribution in [0.25, 0.3) is 0 Å². The summed E-state index contributed by atoms with van der Waals surface area (Å²) in [5, 5.41) is 0. The molecule has 0 aliphatic carbocycles. The van der Waals surface area contributed by atoms with E-state index >= 15 is 0 Å². The molecule has 0 heterocycles. The highest BCUT2D eigenvalue weighted by atomic mass is 17.2. The first kappa shape index (κ1) is 34.3. The van der Waals surface area contributed by atoms with Gasteiger partial charge in [-0.2, -0.15) is 0 Å². The van der Waals surface area contributed by atoms with Crippen molar-refractivity contribution < 1.29 is 29.0 Å². The van der Waals surface area contributed by atoms with Gasteiger partial charge in [0.2, 0.25) is 0 Å². The molecule has 0 aliphatic rings. The third kappa shape index (κ3) is 22.7. The summed E-state index contributed by atoms with van der Waals surface area (Å²) in [6.07, 6.45) is 8.93. The fourth-order valence-electron chi connectivity index (χ4n) is 4.93. The zero-order valence-electron chi connectivity index (χ0n) is 24.5. The van der Waals surface area contributed by atoms with Crippen molar-refractivity contribution in [3.63, 3.8) is 0 Å². The molecule has 6 nitrogen and oxygen atoms in total. The van der Waals surface area contributed by atoms with Crippen LogP contribution in [0.1, 0.15) is 145 Å². The molecular formula is C30H54O6. The highest BCUT2D eigenvalue weighted by Gasteiger charge is 2.19. The van der Waals surface area contributed by atoms with E-state index in [0.29, 0.717) is 50.4 Å². The maximum Gasteiger partial charge on any atom is 0.355 e. The number of rotatable bonds is 18. The second-order valence-electron chi connectivity index (χ2n) is 13.3. The number of hydrogen-bond donors (Lipinski definition) is 0. The van der Waals surface area contributed by atoms with Gasteiger partial charge in [0.25, 0.3) is 0 Å². The van der Waals surface area contributed by atoms with Crippen molar-refractivity contribution in [2.45, 2.75) is 145 Å². The maximum absolute atomic E-state index is 12.1. The van der Waals surface area contributed by atoms with E-state index < -0.39 is 11.9 Å². The van der Waals surface area contributed by atoms with E-state index in [1.165, 1.54) is 0 Å². The monoisotopic (exact) mass is 510 g/mol. The van der Waals surface area contributed by atoms with Gasteiger partial charge in [0.1, 0.15) is 11.6 Å². The number of Topliss-reactive ketones (excluding diaryl/α,β-unsaturated/α-hetero) is 2. The Bertz CT molecular complexity index is 610. The SMILES string of the molecule is CC(CC(=O)CCCCCC(=O)OOC(=O)CCCCCC(=O)CC(C)CC(C)(C)C)CC(C)(C)C. The lowest BCUT2D eigenvalue weighted by atomic mass is 9.83. The Labute approximate surface area is 220 Å². The Morgan fingerprint density at radius 2 is 0.833 bits per heavy atom. The van der Waals surface area contributed by atoms with Crippen LogP contribution in [-0.4, -0.2) is 23.5 Å². The molecule has 0 fully saturated rings. The van der Waals surface area contributed by atoms with Crippen molar-refractivity contribution in [3.05, 3.63) is 0 Å². The molecule has 2 unspecified atom stereocenters. The molecule has 36 heavy (non-hydrogen) atoms. The normalized spacial score (nSPS) is 13.7. The zero-order chi connectivity index (χ0) is 27.8. The average molecular weight is 511 g/mol. The Morgan fingerprint density at radius 1 is 0.528 bits per heavy atom. The van der Waals surface area contributed by atoms with Gasteiger partial charge in [0, 0.05) is 25.7 Å². The van der Waals surface area contributed by atoms with Crippen LogP contribution in [0.5, 0.6) is 0 Å². The van der Waals surface area contributed by atoms with E-state index in [1.807, 2.05) is 0 Å². The third-order valence-corrected chi connectivity index (χ3v) is 5.97. The van der Waals surface area contributed by atoms with Crippen LogP contribution >= 0.6 is 0 Å². The van der Waals surface area contributed by atoms with E-state index in [-0.39, 0.29) is 35.2 Å². The summed E-state index contributed by atoms with van der Waals surface area (Å²) in [6, 6.07) is 0. The quantitative estimate of drug-likeness (QED) is 0.106. The van der Waals surface area contributed by atoms with Crippen molar-refractivity contribution in [2.24, 2.45) is 22.7 Å². The van der Waals surface area contributed by atoms with Crippen LogP contribution in [0.3, 0.4) is 0 Å². The molecular weight excluding hydrogens is 456 g/mol. The summed E-state index contributed by atoms with van der Waals surface area (Å²) < 4.78 is 0. The first-order chi connectivity index (χ1) is 16.6. The third-order valence-electron chi connectivity index (χ3n) is 5.97. The zero-order valence-corrected chi connectivity index (χ0v) is 24.5. The van der Waals surface area contributed by atoms with Gasteiger partial charge in [-0.25, -0.2) is 19.4 Å². The minimum atomic E-state index is -0.566. The van der Waals surface area contributed by atoms with Gasteiger partial charge < -0.3 is 0 Å². The lowest BCUT2D eigenvalue weighted by Crippen LogP contribution is -2.14. The fraction of sp³-hybridized carbons (Fsp3) is 0.867. The molecule has 0 aliphatic heterocycles. The summed E-state index contributed by atoms with van der Waals surface area (Å²) >= 11 is 0. The molecule has 0 bridgehead atoms. The molecule has 0 rings (SSSR count). The highest BCUT2D eigenvalue weighted by Crippen LogP contribution is 2.27. The lowest BCUT2D eigenvalue weighted by molar-refractivity contribution is -0.259. The molecule has 0 amide bonds. The second kappa shape index (κ2) is 17.7. The number of carbonyl (C=O) groups excluding carboxylic acids is 4. The molecule has 0 aromatic rings. The number of ketones is 2. The Kier molecular flexibility index (Phi) is 16.8. The van der Waals surface area contributed by atoms with Crippen LogP contribution in [-0.2, 0) is 29.0 Å². The molecule has 210 valence electrons. The molecule has 6 heteroatoms. The van der Waals surface area contributed by atoms with Crippen molar-refractivity contribution in [1.82, 2.24) is 0 Å². The summed E-state index contributed by atoms with van der Waals surface area (Å²) in [6.45, 7) is 17.4. The van der Waals surface area contributed by atoms with E-state index in [9.17, 15) is 19.2 Å². The minimum Gasteiger partial charge on any atom is -0.300 e. The highest BCUT2D eigenvalue weighted by molar-refractivity contribution is 5.79. The van der Waals surface area contributed by atoms with Gasteiger partial charge in [-0.3, -0.25) is 9.59 Å². The molecule has 0 N–H and O–H groups in total. The molecule has 0 saturated carbocycles. The molecule has 0 spiro atoms. The van der Waals surface area contributed by atoms with Crippen LogP contribution in [0, 0.1) is 22.7 Å². The van der Waals surface area contributed by atoms with Gasteiger partial charge in [-0.15, -0.1) is 0 Å². The van der Waals surface area contributed by atoms with Crippen molar-refractivity contribution in [1.29, 1.82) is 0 Å². The number of unbranched alkanes of at least 4 members (excludes halogenated alkanes) is 4. The van der Waals surface area contributed by atoms with Crippen molar-refractivity contribution >= 4 is 23.5 Å². The molecule has 0 radical (unpaired) electrons. The van der Waals surface area contributed by atoms with Crippen molar-refractivity contribution in [3.8, 4) is 0 Å². The predicted molar refractivity (Wildman–Crippen MR) is 144 cm³/mol. The summed E-state index contributed by atoms with van der Waals surface area (Å²) in [5.41, 5.74) is 0.461. The first-order valence-corrected chi connectivity index (χ1v) is 14.0. The molecule has 0 aromatic heterocycles. The van der Waals surface area contributed by atoms with E-state index in [2.05, 4.69) is 65.2 Å². The molecule has 2 atom stereocenters. The predicted octanol–water partition coefficient (Wildman–Crippen LogP) is 7.95. The van der Waals surface area contributed by atoms with Gasteiger partial charge in [0.15, 0.2) is 0 Å². The second-order valence-corrected chi connectivity index (χ2v) is 13.3. The Hall–Kier alpha value is -1.72. The van der Waals surface area contributed by atoms with Gasteiger partial charge >= 0.3 is 11.9 Å². The summed E-state index contributed by atoms with van der Waals surface area (Å²) in [4.78, 5) is 56.9. The van der Waals surface area contributed by atoms with Gasteiger partial charge in [-0.05, 0) is 61.2 Å². The van der Waals surface area contributed by atoms with Crippen LogP contribution < -0.4 is 0 Å². The van der Waals surface area contributed by atoms with Crippen molar-refractivity contribution in [2.75, 3.05) is 0 Å². The topological polar surface area (TPSA) is 86.7 Å². The summed E-state index contributed by atoms with van der Waals surface area (Å²) in [7, 11) is 0. The molecule has 0 aromatic carbocycles.